The molecule has 56 heavy (non-hydrogen) atoms. The number of imide groups is 2. The van der Waals surface area contributed by atoms with Crippen LogP contribution in [0.1, 0.15) is 84.1 Å². The lowest BCUT2D eigenvalue weighted by Crippen LogP contribution is -2.67. The average molecular weight is 786 g/mol. The Morgan fingerprint density at radius 2 is 1.82 bits per heavy atom. The van der Waals surface area contributed by atoms with Gasteiger partial charge in [0.1, 0.15) is 30.2 Å². The van der Waals surface area contributed by atoms with E-state index in [0.29, 0.717) is 57.1 Å². The molecule has 3 aliphatic rings. The molecule has 0 aromatic heterocycles. The molecule has 5 N–H and O–H groups in total. The van der Waals surface area contributed by atoms with Crippen LogP contribution >= 0.6 is 0 Å². The second-order valence-electron chi connectivity index (χ2n) is 15.4. The van der Waals surface area contributed by atoms with Gasteiger partial charge in [0, 0.05) is 32.4 Å². The van der Waals surface area contributed by atoms with Gasteiger partial charge in [0.15, 0.2) is 6.04 Å². The normalized spacial score (nSPS) is 25.3. The van der Waals surface area contributed by atoms with Gasteiger partial charge in [-0.2, -0.15) is 9.28 Å². The summed E-state index contributed by atoms with van der Waals surface area (Å²) in [7, 11) is 0. The molecule has 15 nitrogen and oxygen atoms in total. The van der Waals surface area contributed by atoms with Crippen LogP contribution in [-0.4, -0.2) is 135 Å². The molecule has 0 radical (unpaired) electrons. The van der Waals surface area contributed by atoms with Crippen LogP contribution in [0.3, 0.4) is 0 Å². The number of aliphatic hydroxyl groups is 1. The molecule has 3 fully saturated rings. The Bertz CT molecular complexity index is 1630. The van der Waals surface area contributed by atoms with E-state index < -0.39 is 88.8 Å². The van der Waals surface area contributed by atoms with E-state index in [1.165, 1.54) is 30.0 Å². The van der Waals surface area contributed by atoms with Gasteiger partial charge in [-0.05, 0) is 89.0 Å². The fourth-order valence-corrected chi connectivity index (χ4v) is 8.17. The van der Waals surface area contributed by atoms with Crippen molar-refractivity contribution < 1.29 is 52.6 Å². The van der Waals surface area contributed by atoms with Gasteiger partial charge >= 0.3 is 12.0 Å². The van der Waals surface area contributed by atoms with E-state index in [1.807, 2.05) is 13.0 Å². The number of carboxylic acid groups (broad SMARTS) is 1. The van der Waals surface area contributed by atoms with E-state index in [9.17, 15) is 48.2 Å². The Morgan fingerprint density at radius 3 is 2.46 bits per heavy atom. The second-order valence-corrected chi connectivity index (χ2v) is 15.4. The lowest BCUT2D eigenvalue weighted by Gasteiger charge is -2.39. The number of hydrogen-bond acceptors (Lipinski definition) is 10. The van der Waals surface area contributed by atoms with Crippen LogP contribution in [0, 0.1) is 11.7 Å². The lowest BCUT2D eigenvalue weighted by atomic mass is 9.93. The van der Waals surface area contributed by atoms with Crippen molar-refractivity contribution in [3.05, 3.63) is 47.8 Å². The lowest BCUT2D eigenvalue weighted by molar-refractivity contribution is -0.793. The zero-order valence-corrected chi connectivity index (χ0v) is 32.7. The van der Waals surface area contributed by atoms with E-state index in [-0.39, 0.29) is 38.4 Å². The third-order valence-corrected chi connectivity index (χ3v) is 11.4. The first kappa shape index (κ1) is 44.3. The van der Waals surface area contributed by atoms with Gasteiger partial charge in [-0.15, -0.1) is 0 Å². The Balaban J connectivity index is 1.56. The molecule has 308 valence electrons. The molecular weight excluding hydrogens is 727 g/mol. The van der Waals surface area contributed by atoms with Gasteiger partial charge in [0.05, 0.1) is 25.2 Å². The average Bonchev–Trinajstić information content (AvgIpc) is 3.83. The summed E-state index contributed by atoms with van der Waals surface area (Å²) in [6.07, 6.45) is 7.58. The number of likely N-dealkylation sites (tertiary alicyclic amines) is 2. The quantitative estimate of drug-likeness (QED) is 0.0509. The Labute approximate surface area is 327 Å². The number of nitrogens with zero attached hydrogens (tertiary/aromatic N) is 3. The zero-order chi connectivity index (χ0) is 41.0. The molecule has 0 saturated carbocycles. The molecule has 0 bridgehead atoms. The number of amides is 6. The SMILES string of the molecule is CC1CCNC(C(=O)N(C(=O)[C@@H]2CCCN2C(=O)[C@H](CO)NC(=O)[C@H](Cc2cccc(F)c2)NCC=CCCCC=O)[C@@H](C)C(=O)[N+]2(C(=O)O)CCCC2C)C1. The number of nitrogens with one attached hydrogen (secondary N) is 3. The van der Waals surface area contributed by atoms with Crippen molar-refractivity contribution in [3.63, 3.8) is 0 Å². The first-order valence-electron chi connectivity index (χ1n) is 19.8. The summed E-state index contributed by atoms with van der Waals surface area (Å²) in [5.74, 6) is -4.07. The van der Waals surface area contributed by atoms with Crippen LogP contribution in [0.4, 0.5) is 9.18 Å². The number of aliphatic hydroxyl groups excluding tert-OH is 1. The van der Waals surface area contributed by atoms with Gasteiger partial charge in [-0.25, -0.2) is 9.18 Å². The topological polar surface area (TPSA) is 203 Å². The number of aldehydes is 1. The first-order chi connectivity index (χ1) is 26.8. The highest BCUT2D eigenvalue weighted by molar-refractivity contribution is 6.05. The van der Waals surface area contributed by atoms with Crippen molar-refractivity contribution in [1.29, 1.82) is 0 Å². The summed E-state index contributed by atoms with van der Waals surface area (Å²) < 4.78 is 13.1. The van der Waals surface area contributed by atoms with Crippen LogP contribution in [0.5, 0.6) is 0 Å². The predicted octanol–water partition coefficient (Wildman–Crippen LogP) is 2.06. The third-order valence-electron chi connectivity index (χ3n) is 11.4. The van der Waals surface area contributed by atoms with Crippen LogP contribution in [-0.2, 0) is 35.2 Å². The summed E-state index contributed by atoms with van der Waals surface area (Å²) in [6.45, 7) is 5.02. The Morgan fingerprint density at radius 1 is 1.05 bits per heavy atom. The van der Waals surface area contributed by atoms with Gasteiger partial charge in [0.25, 0.3) is 5.91 Å². The fourth-order valence-electron chi connectivity index (χ4n) is 8.17. The van der Waals surface area contributed by atoms with Gasteiger partial charge in [0.2, 0.25) is 17.7 Å². The van der Waals surface area contributed by atoms with E-state index in [1.54, 1.807) is 19.1 Å². The van der Waals surface area contributed by atoms with Crippen molar-refractivity contribution in [2.45, 2.75) is 121 Å². The number of rotatable bonds is 17. The summed E-state index contributed by atoms with van der Waals surface area (Å²) in [6, 6.07) is -0.794. The maximum Gasteiger partial charge on any atom is 0.521 e. The van der Waals surface area contributed by atoms with E-state index in [0.717, 1.165) is 17.6 Å². The van der Waals surface area contributed by atoms with Crippen LogP contribution in [0.15, 0.2) is 36.4 Å². The number of quaternary nitrogens is 1. The molecule has 4 unspecified atom stereocenters. The number of piperidine rings is 1. The number of benzene rings is 1. The van der Waals surface area contributed by atoms with E-state index >= 15 is 0 Å². The number of hydrogen-bond donors (Lipinski definition) is 5. The summed E-state index contributed by atoms with van der Waals surface area (Å²) in [5, 5.41) is 29.6. The molecule has 4 rings (SSSR count). The molecule has 6 amide bonds. The van der Waals surface area contributed by atoms with Gasteiger partial charge < -0.3 is 35.9 Å². The summed E-state index contributed by atoms with van der Waals surface area (Å²) >= 11 is 0. The van der Waals surface area contributed by atoms with Crippen molar-refractivity contribution in [2.24, 2.45) is 5.92 Å². The number of carbonyl (C=O) groups excluding carboxylic acids is 6. The number of allylic oxidation sites excluding steroid dienone is 1. The number of carbonyl (C=O) groups is 7. The van der Waals surface area contributed by atoms with E-state index in [2.05, 4.69) is 16.0 Å². The third kappa shape index (κ3) is 10.5. The minimum absolute atomic E-state index is 0.0211. The Hall–Kier alpha value is -4.38. The molecular formula is C40H58FN6O9+. The minimum atomic E-state index is -1.48. The minimum Gasteiger partial charge on any atom is -0.435 e. The monoisotopic (exact) mass is 785 g/mol. The van der Waals surface area contributed by atoms with Crippen molar-refractivity contribution in [3.8, 4) is 0 Å². The predicted molar refractivity (Wildman–Crippen MR) is 203 cm³/mol. The standard InChI is InChI=1S/C40H57FN6O9/c1-26-16-18-43-32(22-26)37(52)46(28(3)39(54)47(40(55)56)20-11-12-27(47)2)38(53)34-15-10-19-45(34)36(51)33(25-49)44-35(50)31(24-29-13-9-14-30(41)23-29)42-17-7-5-4-6-8-21-48/h5,7,9,13-14,21,23,26-28,31-34,42-43,49H,4,6,8,10-12,15-20,22,24-25H2,1-3H3,(H-,44,50,55,56)/p+1/t26?,27?,28-,31-,32?,33-,34-,47?/m0/s1. The molecule has 3 aliphatic heterocycles. The molecule has 3 heterocycles. The second kappa shape index (κ2) is 20.7. The van der Waals surface area contributed by atoms with Gasteiger partial charge in [-0.3, -0.25) is 24.1 Å². The Kier molecular flexibility index (Phi) is 16.4. The van der Waals surface area contributed by atoms with Gasteiger partial charge in [-0.1, -0.05) is 31.2 Å². The molecule has 1 aromatic carbocycles. The maximum absolute atomic E-state index is 14.6. The molecule has 0 spiro atoms. The fraction of sp³-hybridized carbons (Fsp3) is 0.625. The van der Waals surface area contributed by atoms with Crippen molar-refractivity contribution in [2.75, 3.05) is 32.8 Å². The summed E-state index contributed by atoms with van der Waals surface area (Å²) in [5.41, 5.74) is 0.510. The van der Waals surface area contributed by atoms with E-state index in [4.69, 9.17) is 0 Å². The zero-order valence-electron chi connectivity index (χ0n) is 32.7. The molecule has 0 aliphatic carbocycles. The highest BCUT2D eigenvalue weighted by Crippen LogP contribution is 2.31. The van der Waals surface area contributed by atoms with Crippen LogP contribution in [0.25, 0.3) is 0 Å². The maximum atomic E-state index is 14.6. The van der Waals surface area contributed by atoms with Crippen LogP contribution < -0.4 is 16.0 Å². The molecule has 1 aromatic rings. The highest BCUT2D eigenvalue weighted by atomic mass is 19.1. The number of unbranched alkanes of at least 4 members (excludes halogenated alkanes) is 2. The van der Waals surface area contributed by atoms with Crippen LogP contribution in [0.2, 0.25) is 0 Å². The largest absolute Gasteiger partial charge is 0.521 e. The number of halogens is 1. The van der Waals surface area contributed by atoms with Crippen molar-refractivity contribution >= 4 is 41.9 Å². The first-order valence-corrected chi connectivity index (χ1v) is 19.8. The van der Waals surface area contributed by atoms with Crippen molar-refractivity contribution in [1.82, 2.24) is 25.8 Å². The molecule has 16 heteroatoms. The molecule has 3 saturated heterocycles. The molecule has 8 atom stereocenters. The smallest absolute Gasteiger partial charge is 0.435 e. The summed E-state index contributed by atoms with van der Waals surface area (Å²) in [4.78, 5) is 96.2. The highest BCUT2D eigenvalue weighted by Gasteiger charge is 2.57.